The third-order valence-electron chi connectivity index (χ3n) is 4.81. The van der Waals surface area contributed by atoms with E-state index < -0.39 is 0 Å². The summed E-state index contributed by atoms with van der Waals surface area (Å²) < 4.78 is 21.6. The van der Waals surface area contributed by atoms with Crippen LogP contribution in [0, 0.1) is 0 Å². The van der Waals surface area contributed by atoms with Crippen molar-refractivity contribution in [3.8, 4) is 23.0 Å². The van der Waals surface area contributed by atoms with Crippen molar-refractivity contribution < 1.29 is 23.7 Å². The summed E-state index contributed by atoms with van der Waals surface area (Å²) in [6.45, 7) is 2.71. The first-order chi connectivity index (χ1) is 14.1. The fraction of sp³-hybridized carbons (Fsp3) is 0.333. The molecule has 4 rings (SSSR count). The van der Waals surface area contributed by atoms with Gasteiger partial charge in [0, 0.05) is 12.6 Å². The molecule has 0 unspecified atom stereocenters. The number of ether oxygens (including phenoxy) is 4. The van der Waals surface area contributed by atoms with E-state index in [-0.39, 0.29) is 18.0 Å². The Morgan fingerprint density at radius 3 is 2.52 bits per heavy atom. The zero-order valence-corrected chi connectivity index (χ0v) is 17.3. The molecule has 0 aromatic heterocycles. The number of carbonyl (C=O) groups excluding carboxylic acids is 1. The highest BCUT2D eigenvalue weighted by atomic mass is 32.2. The van der Waals surface area contributed by atoms with Crippen molar-refractivity contribution in [1.29, 1.82) is 0 Å². The minimum absolute atomic E-state index is 0.0458. The first kappa shape index (κ1) is 19.4. The van der Waals surface area contributed by atoms with Gasteiger partial charge < -0.3 is 18.9 Å². The predicted molar refractivity (Wildman–Crippen MR) is 112 cm³/mol. The molecule has 2 aromatic carbocycles. The van der Waals surface area contributed by atoms with Crippen molar-refractivity contribution in [2.75, 3.05) is 27.6 Å². The number of benzene rings is 2. The predicted octanol–water partition coefficient (Wildman–Crippen LogP) is 3.63. The lowest BCUT2D eigenvalue weighted by atomic mass is 10.1. The minimum atomic E-state index is -0.277. The van der Waals surface area contributed by atoms with Gasteiger partial charge in [-0.25, -0.2) is 4.99 Å². The number of carbonyl (C=O) groups is 1. The number of amides is 1. The molecule has 0 bridgehead atoms. The number of fused-ring (bicyclic) bond motifs is 1. The third-order valence-corrected chi connectivity index (χ3v) is 5.99. The quantitative estimate of drug-likeness (QED) is 0.719. The molecule has 2 aliphatic heterocycles. The molecule has 0 saturated carbocycles. The van der Waals surface area contributed by atoms with E-state index in [0.717, 1.165) is 17.0 Å². The topological polar surface area (TPSA) is 69.6 Å². The van der Waals surface area contributed by atoms with Gasteiger partial charge in [-0.15, -0.1) is 0 Å². The summed E-state index contributed by atoms with van der Waals surface area (Å²) in [4.78, 5) is 19.4. The average molecular weight is 414 g/mol. The van der Waals surface area contributed by atoms with Crippen LogP contribution in [-0.4, -0.2) is 48.8 Å². The number of nitrogens with zero attached hydrogens (tertiary/aromatic N) is 2. The molecule has 1 atom stereocenters. The highest BCUT2D eigenvalue weighted by molar-refractivity contribution is 8.15. The zero-order valence-electron chi connectivity index (χ0n) is 16.5. The molecule has 7 nitrogen and oxygen atoms in total. The Kier molecular flexibility index (Phi) is 5.53. The summed E-state index contributed by atoms with van der Waals surface area (Å²) in [5.74, 6) is 2.84. The standard InChI is InChI=1S/C21H22N2O5S/c1-4-23-20(24)19(29-21(23)22-14-5-7-15(25-2)8-6-14)10-13-9-17-18(28-12-27-17)11-16(13)26-3/h5-9,11,19H,4,10,12H2,1-3H3/t19-/m1/s1. The van der Waals surface area contributed by atoms with Crippen LogP contribution in [0.3, 0.4) is 0 Å². The van der Waals surface area contributed by atoms with E-state index in [9.17, 15) is 4.79 Å². The van der Waals surface area contributed by atoms with Crippen molar-refractivity contribution in [2.45, 2.75) is 18.6 Å². The van der Waals surface area contributed by atoms with E-state index in [1.54, 1.807) is 19.1 Å². The lowest BCUT2D eigenvalue weighted by Gasteiger charge is -2.14. The Morgan fingerprint density at radius 2 is 1.86 bits per heavy atom. The Bertz CT molecular complexity index is 945. The van der Waals surface area contributed by atoms with E-state index in [1.807, 2.05) is 43.3 Å². The zero-order chi connectivity index (χ0) is 20.4. The van der Waals surface area contributed by atoms with Crippen molar-refractivity contribution >= 4 is 28.5 Å². The van der Waals surface area contributed by atoms with Crippen LogP contribution >= 0.6 is 11.8 Å². The van der Waals surface area contributed by atoms with Gasteiger partial charge in [0.2, 0.25) is 12.7 Å². The number of thioether (sulfide) groups is 1. The van der Waals surface area contributed by atoms with Gasteiger partial charge in [-0.1, -0.05) is 11.8 Å². The van der Waals surface area contributed by atoms with Crippen molar-refractivity contribution in [1.82, 2.24) is 4.90 Å². The first-order valence-electron chi connectivity index (χ1n) is 9.30. The fourth-order valence-electron chi connectivity index (χ4n) is 3.30. The Balaban J connectivity index is 1.58. The van der Waals surface area contributed by atoms with E-state index in [1.165, 1.54) is 11.8 Å². The second-order valence-electron chi connectivity index (χ2n) is 6.50. The molecule has 29 heavy (non-hydrogen) atoms. The SMILES string of the molecule is CCN1C(=O)[C@@H](Cc2cc3c(cc2OC)OCO3)SC1=Nc1ccc(OC)cc1. The van der Waals surface area contributed by atoms with Gasteiger partial charge in [-0.3, -0.25) is 9.69 Å². The van der Waals surface area contributed by atoms with Crippen LogP contribution in [0.25, 0.3) is 0 Å². The van der Waals surface area contributed by atoms with Crippen molar-refractivity contribution in [3.05, 3.63) is 42.0 Å². The molecule has 8 heteroatoms. The number of aliphatic imine (C=N–C) groups is 1. The second kappa shape index (κ2) is 8.24. The van der Waals surface area contributed by atoms with Gasteiger partial charge in [-0.05, 0) is 49.2 Å². The Morgan fingerprint density at radius 1 is 1.14 bits per heavy atom. The van der Waals surface area contributed by atoms with Crippen LogP contribution in [0.4, 0.5) is 5.69 Å². The van der Waals surface area contributed by atoms with Gasteiger partial charge in [-0.2, -0.15) is 0 Å². The second-order valence-corrected chi connectivity index (χ2v) is 7.67. The molecular weight excluding hydrogens is 392 g/mol. The van der Waals surface area contributed by atoms with Gasteiger partial charge in [0.1, 0.15) is 11.5 Å². The maximum absolute atomic E-state index is 13.0. The summed E-state index contributed by atoms with van der Waals surface area (Å²) in [7, 11) is 3.24. The highest BCUT2D eigenvalue weighted by Crippen LogP contribution is 2.40. The highest BCUT2D eigenvalue weighted by Gasteiger charge is 2.38. The van der Waals surface area contributed by atoms with E-state index in [0.29, 0.717) is 35.4 Å². The van der Waals surface area contributed by atoms with E-state index >= 15 is 0 Å². The molecular formula is C21H22N2O5S. The van der Waals surface area contributed by atoms with Gasteiger partial charge in [0.05, 0.1) is 25.2 Å². The van der Waals surface area contributed by atoms with Gasteiger partial charge >= 0.3 is 0 Å². The number of amidine groups is 1. The number of hydrogen-bond donors (Lipinski definition) is 0. The number of methoxy groups -OCH3 is 2. The Labute approximate surface area is 173 Å². The molecule has 0 spiro atoms. The largest absolute Gasteiger partial charge is 0.497 e. The molecule has 0 N–H and O–H groups in total. The van der Waals surface area contributed by atoms with Crippen molar-refractivity contribution in [3.63, 3.8) is 0 Å². The molecule has 152 valence electrons. The monoisotopic (exact) mass is 414 g/mol. The minimum Gasteiger partial charge on any atom is -0.497 e. The van der Waals surface area contributed by atoms with E-state index in [4.69, 9.17) is 18.9 Å². The molecule has 2 aliphatic rings. The molecule has 0 aliphatic carbocycles. The summed E-state index contributed by atoms with van der Waals surface area (Å²) in [6.07, 6.45) is 0.515. The van der Waals surface area contributed by atoms with Crippen LogP contribution in [0.2, 0.25) is 0 Å². The average Bonchev–Trinajstić information content (AvgIpc) is 3.31. The normalized spacial score (nSPS) is 19.1. The van der Waals surface area contributed by atoms with Gasteiger partial charge in [0.15, 0.2) is 16.7 Å². The van der Waals surface area contributed by atoms with Crippen LogP contribution < -0.4 is 18.9 Å². The third kappa shape index (κ3) is 3.85. The molecule has 1 amide bonds. The number of hydrogen-bond acceptors (Lipinski definition) is 7. The first-order valence-corrected chi connectivity index (χ1v) is 10.2. The molecule has 1 saturated heterocycles. The summed E-state index contributed by atoms with van der Waals surface area (Å²) in [5.41, 5.74) is 1.69. The Hall–Kier alpha value is -2.87. The van der Waals surface area contributed by atoms with E-state index in [2.05, 4.69) is 4.99 Å². The maximum Gasteiger partial charge on any atom is 0.242 e. The van der Waals surface area contributed by atoms with Gasteiger partial charge in [0.25, 0.3) is 0 Å². The van der Waals surface area contributed by atoms with Crippen LogP contribution in [0.5, 0.6) is 23.0 Å². The fourth-order valence-corrected chi connectivity index (χ4v) is 4.55. The number of rotatable bonds is 6. The lowest BCUT2D eigenvalue weighted by molar-refractivity contribution is -0.126. The van der Waals surface area contributed by atoms with Crippen LogP contribution in [0.1, 0.15) is 12.5 Å². The van der Waals surface area contributed by atoms with Crippen LogP contribution in [0.15, 0.2) is 41.4 Å². The maximum atomic E-state index is 13.0. The lowest BCUT2D eigenvalue weighted by Crippen LogP contribution is -2.32. The molecule has 2 aromatic rings. The molecule has 0 radical (unpaired) electrons. The molecule has 1 fully saturated rings. The smallest absolute Gasteiger partial charge is 0.242 e. The summed E-state index contributed by atoms with van der Waals surface area (Å²) in [5, 5.41) is 0.425. The van der Waals surface area contributed by atoms with Crippen molar-refractivity contribution in [2.24, 2.45) is 4.99 Å². The molecule has 2 heterocycles. The van der Waals surface area contributed by atoms with Crippen LogP contribution in [-0.2, 0) is 11.2 Å². The summed E-state index contributed by atoms with van der Waals surface area (Å²) >= 11 is 1.47. The summed E-state index contributed by atoms with van der Waals surface area (Å²) in [6, 6.07) is 11.2.